The molecule has 0 bridgehead atoms. The Morgan fingerprint density at radius 1 is 1.60 bits per heavy atom. The van der Waals surface area contributed by atoms with Gasteiger partial charge in [0.25, 0.3) is 0 Å². The number of rotatable bonds is 2. The predicted octanol–water partition coefficient (Wildman–Crippen LogP) is 2.09. The maximum atomic E-state index is 10.3. The van der Waals surface area contributed by atoms with Crippen molar-refractivity contribution in [3.8, 4) is 0 Å². The Bertz CT molecular complexity index is 545. The number of halogens is 1. The molecule has 2 aromatic heterocycles. The zero-order valence-electron chi connectivity index (χ0n) is 7.59. The largest absolute Gasteiger partial charge is 0.478 e. The number of carbonyl (C=O) groups is 1. The smallest absolute Gasteiger partial charge is 0.328 e. The molecule has 0 aromatic carbocycles. The van der Waals surface area contributed by atoms with Crippen LogP contribution in [0.15, 0.2) is 30.6 Å². The van der Waals surface area contributed by atoms with Gasteiger partial charge in [0.15, 0.2) is 0 Å². The van der Waals surface area contributed by atoms with Crippen LogP contribution in [0, 0.1) is 0 Å². The Balaban J connectivity index is 2.50. The third-order valence-electron chi connectivity index (χ3n) is 1.90. The number of pyridine rings is 1. The number of fused-ring (bicyclic) bond motifs is 1. The van der Waals surface area contributed by atoms with Gasteiger partial charge in [-0.3, -0.25) is 0 Å². The third-order valence-corrected chi connectivity index (χ3v) is 2.14. The first-order chi connectivity index (χ1) is 7.16. The number of hydrogen-bond acceptors (Lipinski definition) is 2. The van der Waals surface area contributed by atoms with Crippen LogP contribution in [0.25, 0.3) is 11.7 Å². The van der Waals surface area contributed by atoms with Crippen LogP contribution >= 0.6 is 11.6 Å². The molecule has 0 aliphatic carbocycles. The van der Waals surface area contributed by atoms with Crippen LogP contribution < -0.4 is 0 Å². The summed E-state index contributed by atoms with van der Waals surface area (Å²) in [4.78, 5) is 14.4. The van der Waals surface area contributed by atoms with Crippen LogP contribution in [0.3, 0.4) is 0 Å². The fourth-order valence-corrected chi connectivity index (χ4v) is 1.41. The Morgan fingerprint density at radius 2 is 2.40 bits per heavy atom. The molecular weight excluding hydrogens is 216 g/mol. The van der Waals surface area contributed by atoms with Gasteiger partial charge in [-0.2, -0.15) is 0 Å². The molecule has 0 saturated carbocycles. The summed E-state index contributed by atoms with van der Waals surface area (Å²) in [5, 5.41) is 9.09. The quantitative estimate of drug-likeness (QED) is 0.792. The molecule has 2 rings (SSSR count). The minimum Gasteiger partial charge on any atom is -0.478 e. The Kier molecular flexibility index (Phi) is 2.43. The summed E-state index contributed by atoms with van der Waals surface area (Å²) in [7, 11) is 0. The first kappa shape index (κ1) is 9.73. The molecule has 0 amide bonds. The molecule has 15 heavy (non-hydrogen) atoms. The number of nitrogens with zero attached hydrogens (tertiary/aromatic N) is 2. The normalized spacial score (nSPS) is 11.3. The van der Waals surface area contributed by atoms with Gasteiger partial charge in [0.2, 0.25) is 0 Å². The van der Waals surface area contributed by atoms with Crippen molar-refractivity contribution < 1.29 is 9.90 Å². The van der Waals surface area contributed by atoms with E-state index in [0.29, 0.717) is 16.4 Å². The lowest BCUT2D eigenvalue weighted by atomic mass is 10.4. The second-order valence-corrected chi connectivity index (χ2v) is 3.36. The van der Waals surface area contributed by atoms with Crippen LogP contribution in [0.5, 0.6) is 0 Å². The average Bonchev–Trinajstić information content (AvgIpc) is 2.57. The monoisotopic (exact) mass is 222 g/mol. The number of aromatic nitrogens is 2. The van der Waals surface area contributed by atoms with E-state index in [4.69, 9.17) is 16.7 Å². The van der Waals surface area contributed by atoms with E-state index in [-0.39, 0.29) is 0 Å². The molecule has 0 atom stereocenters. The highest BCUT2D eigenvalue weighted by atomic mass is 35.5. The highest BCUT2D eigenvalue weighted by Crippen LogP contribution is 2.13. The fraction of sp³-hybridized carbons (Fsp3) is 0. The molecule has 5 heteroatoms. The lowest BCUT2D eigenvalue weighted by Crippen LogP contribution is -1.89. The van der Waals surface area contributed by atoms with Crippen molar-refractivity contribution >= 4 is 29.3 Å². The SMILES string of the molecule is O=C(O)/C=C/c1cnc2cc(Cl)ccn12. The summed E-state index contributed by atoms with van der Waals surface area (Å²) < 4.78 is 1.76. The highest BCUT2D eigenvalue weighted by Gasteiger charge is 2.00. The molecule has 1 N–H and O–H groups in total. The van der Waals surface area contributed by atoms with Crippen molar-refractivity contribution in [2.24, 2.45) is 0 Å². The number of hydrogen-bond donors (Lipinski definition) is 1. The lowest BCUT2D eigenvalue weighted by Gasteiger charge is -1.95. The number of carboxylic acids is 1. The zero-order chi connectivity index (χ0) is 10.8. The van der Waals surface area contributed by atoms with Crippen LogP contribution in [0.4, 0.5) is 0 Å². The molecule has 76 valence electrons. The van der Waals surface area contributed by atoms with Gasteiger partial charge in [-0.1, -0.05) is 11.6 Å². The average molecular weight is 223 g/mol. The Morgan fingerprint density at radius 3 is 3.13 bits per heavy atom. The molecule has 0 aliphatic rings. The summed E-state index contributed by atoms with van der Waals surface area (Å²) in [5.74, 6) is -0.987. The first-order valence-electron chi connectivity index (χ1n) is 4.20. The molecule has 2 aromatic rings. The first-order valence-corrected chi connectivity index (χ1v) is 4.58. The molecule has 0 unspecified atom stereocenters. The lowest BCUT2D eigenvalue weighted by molar-refractivity contribution is -0.131. The highest BCUT2D eigenvalue weighted by molar-refractivity contribution is 6.30. The van der Waals surface area contributed by atoms with E-state index in [1.54, 1.807) is 28.9 Å². The minimum atomic E-state index is -0.987. The van der Waals surface area contributed by atoms with E-state index in [9.17, 15) is 4.79 Å². The maximum absolute atomic E-state index is 10.3. The van der Waals surface area contributed by atoms with Gasteiger partial charge in [-0.05, 0) is 12.1 Å². The van der Waals surface area contributed by atoms with Crippen LogP contribution in [0.1, 0.15) is 5.69 Å². The number of aliphatic carboxylic acids is 1. The van der Waals surface area contributed by atoms with E-state index < -0.39 is 5.97 Å². The molecule has 0 fully saturated rings. The third kappa shape index (κ3) is 1.99. The van der Waals surface area contributed by atoms with Gasteiger partial charge >= 0.3 is 5.97 Å². The van der Waals surface area contributed by atoms with Gasteiger partial charge in [0.1, 0.15) is 5.65 Å². The standard InChI is InChI=1S/C10H7ClN2O2/c11-7-3-4-13-8(1-2-10(14)15)6-12-9(13)5-7/h1-6H,(H,14,15)/b2-1+. The van der Waals surface area contributed by atoms with Crippen LogP contribution in [-0.2, 0) is 4.79 Å². The topological polar surface area (TPSA) is 54.6 Å². The van der Waals surface area contributed by atoms with E-state index >= 15 is 0 Å². The molecule has 4 nitrogen and oxygen atoms in total. The molecule has 0 aliphatic heterocycles. The van der Waals surface area contributed by atoms with Crippen molar-refractivity contribution in [3.05, 3.63) is 41.3 Å². The number of carboxylic acid groups (broad SMARTS) is 1. The molecule has 0 radical (unpaired) electrons. The fourth-order valence-electron chi connectivity index (χ4n) is 1.26. The van der Waals surface area contributed by atoms with Gasteiger partial charge in [-0.25, -0.2) is 9.78 Å². The Labute approximate surface area is 90.4 Å². The van der Waals surface area contributed by atoms with Crippen molar-refractivity contribution in [1.29, 1.82) is 0 Å². The van der Waals surface area contributed by atoms with Gasteiger partial charge in [0, 0.05) is 23.4 Å². The van der Waals surface area contributed by atoms with E-state index in [0.717, 1.165) is 6.08 Å². The van der Waals surface area contributed by atoms with E-state index in [1.807, 2.05) is 0 Å². The Hall–Kier alpha value is -1.81. The molecular formula is C10H7ClN2O2. The maximum Gasteiger partial charge on any atom is 0.328 e. The molecule has 0 saturated heterocycles. The van der Waals surface area contributed by atoms with Gasteiger partial charge in [0.05, 0.1) is 11.9 Å². The molecule has 2 heterocycles. The summed E-state index contributed by atoms with van der Waals surface area (Å²) in [6.07, 6.45) is 5.88. The van der Waals surface area contributed by atoms with Crippen molar-refractivity contribution in [2.75, 3.05) is 0 Å². The van der Waals surface area contributed by atoms with Crippen LogP contribution in [-0.4, -0.2) is 20.5 Å². The molecule has 0 spiro atoms. The van der Waals surface area contributed by atoms with Gasteiger partial charge in [-0.15, -0.1) is 0 Å². The van der Waals surface area contributed by atoms with Crippen molar-refractivity contribution in [3.63, 3.8) is 0 Å². The summed E-state index contributed by atoms with van der Waals surface area (Å²) >= 11 is 5.79. The zero-order valence-corrected chi connectivity index (χ0v) is 8.35. The van der Waals surface area contributed by atoms with E-state index in [1.165, 1.54) is 6.08 Å². The second kappa shape index (κ2) is 3.74. The predicted molar refractivity (Wildman–Crippen MR) is 56.9 cm³/mol. The van der Waals surface area contributed by atoms with Gasteiger partial charge < -0.3 is 9.51 Å². The minimum absolute atomic E-state index is 0.599. The summed E-state index contributed by atoms with van der Waals surface area (Å²) in [6, 6.07) is 3.42. The van der Waals surface area contributed by atoms with E-state index in [2.05, 4.69) is 4.98 Å². The summed E-state index contributed by atoms with van der Waals surface area (Å²) in [6.45, 7) is 0. The van der Waals surface area contributed by atoms with Crippen molar-refractivity contribution in [2.45, 2.75) is 0 Å². The summed E-state index contributed by atoms with van der Waals surface area (Å²) in [5.41, 5.74) is 1.39. The van der Waals surface area contributed by atoms with Crippen molar-refractivity contribution in [1.82, 2.24) is 9.38 Å². The van der Waals surface area contributed by atoms with Crippen LogP contribution in [0.2, 0.25) is 5.02 Å². The number of imidazole rings is 1. The second-order valence-electron chi connectivity index (χ2n) is 2.93.